The molecule has 1 N–H and O–H groups in total. The van der Waals surface area contributed by atoms with E-state index in [9.17, 15) is 18.4 Å². The standard InChI is InChI=1S/C20H25F2NO5/c1-13(18(24)23-11-10-14-6-4-3-5-7-14)27-19(25)15-8-9-16(28-20(21)22)17(12-15)26-2/h6,8-9,12-13,20H,3-5,7,10-11H2,1-2H3,(H,23,24)/t13-/m1/s1. The van der Waals surface area contributed by atoms with Crippen LogP contribution in [-0.2, 0) is 9.53 Å². The molecule has 0 bridgehead atoms. The number of hydrogen-bond acceptors (Lipinski definition) is 5. The maximum absolute atomic E-state index is 12.4. The van der Waals surface area contributed by atoms with E-state index >= 15 is 0 Å². The van der Waals surface area contributed by atoms with Crippen LogP contribution in [0.1, 0.15) is 49.4 Å². The average molecular weight is 397 g/mol. The zero-order valence-electron chi connectivity index (χ0n) is 16.0. The molecule has 0 unspecified atom stereocenters. The Balaban J connectivity index is 1.86. The molecule has 0 heterocycles. The van der Waals surface area contributed by atoms with Crippen LogP contribution in [0, 0.1) is 0 Å². The first-order valence-electron chi connectivity index (χ1n) is 9.20. The molecule has 0 aliphatic heterocycles. The molecule has 154 valence electrons. The Morgan fingerprint density at radius 3 is 2.64 bits per heavy atom. The third-order valence-corrected chi connectivity index (χ3v) is 4.40. The molecule has 0 saturated carbocycles. The van der Waals surface area contributed by atoms with Crippen LogP contribution >= 0.6 is 0 Å². The lowest BCUT2D eigenvalue weighted by Crippen LogP contribution is -2.36. The van der Waals surface area contributed by atoms with Gasteiger partial charge in [0, 0.05) is 6.54 Å². The van der Waals surface area contributed by atoms with Crippen LogP contribution in [-0.4, -0.2) is 38.2 Å². The predicted octanol–water partition coefficient (Wildman–Crippen LogP) is 3.85. The summed E-state index contributed by atoms with van der Waals surface area (Å²) in [5.41, 5.74) is 1.40. The second-order valence-corrected chi connectivity index (χ2v) is 6.44. The average Bonchev–Trinajstić information content (AvgIpc) is 2.68. The molecule has 8 heteroatoms. The first-order chi connectivity index (χ1) is 13.4. The number of ether oxygens (including phenoxy) is 3. The number of carbonyl (C=O) groups is 2. The summed E-state index contributed by atoms with van der Waals surface area (Å²) in [6, 6.07) is 3.67. The summed E-state index contributed by atoms with van der Waals surface area (Å²) in [5, 5.41) is 2.75. The fourth-order valence-corrected chi connectivity index (χ4v) is 2.89. The van der Waals surface area contributed by atoms with Crippen molar-refractivity contribution in [2.24, 2.45) is 0 Å². The minimum absolute atomic E-state index is 0.0346. The van der Waals surface area contributed by atoms with Crippen molar-refractivity contribution in [1.29, 1.82) is 0 Å². The van der Waals surface area contributed by atoms with Crippen molar-refractivity contribution >= 4 is 11.9 Å². The molecule has 1 aliphatic carbocycles. The number of rotatable bonds is 9. The molecule has 6 nitrogen and oxygen atoms in total. The monoisotopic (exact) mass is 397 g/mol. The van der Waals surface area contributed by atoms with Gasteiger partial charge in [0.05, 0.1) is 12.7 Å². The van der Waals surface area contributed by atoms with Gasteiger partial charge in [-0.15, -0.1) is 0 Å². The van der Waals surface area contributed by atoms with Gasteiger partial charge in [0.25, 0.3) is 5.91 Å². The molecule has 2 rings (SSSR count). The van der Waals surface area contributed by atoms with E-state index in [2.05, 4.69) is 16.1 Å². The molecular formula is C20H25F2NO5. The Morgan fingerprint density at radius 1 is 1.21 bits per heavy atom. The van der Waals surface area contributed by atoms with E-state index < -0.39 is 24.6 Å². The van der Waals surface area contributed by atoms with Crippen LogP contribution in [0.5, 0.6) is 11.5 Å². The number of alkyl halides is 2. The highest BCUT2D eigenvalue weighted by atomic mass is 19.3. The first kappa shape index (κ1) is 21.7. The number of hydrogen-bond donors (Lipinski definition) is 1. The number of methoxy groups -OCH3 is 1. The fourth-order valence-electron chi connectivity index (χ4n) is 2.89. The van der Waals surface area contributed by atoms with Gasteiger partial charge in [0.2, 0.25) is 0 Å². The summed E-state index contributed by atoms with van der Waals surface area (Å²) in [7, 11) is 1.26. The highest BCUT2D eigenvalue weighted by molar-refractivity contribution is 5.92. The second kappa shape index (κ2) is 10.6. The summed E-state index contributed by atoms with van der Waals surface area (Å²) in [6.45, 7) is -1.06. The molecule has 1 aromatic carbocycles. The van der Waals surface area contributed by atoms with Crippen LogP contribution in [0.25, 0.3) is 0 Å². The number of esters is 1. The molecule has 1 atom stereocenters. The van der Waals surface area contributed by atoms with Gasteiger partial charge in [0.15, 0.2) is 17.6 Å². The quantitative estimate of drug-likeness (QED) is 0.506. The van der Waals surface area contributed by atoms with Crippen molar-refractivity contribution in [3.8, 4) is 11.5 Å². The zero-order valence-corrected chi connectivity index (χ0v) is 16.0. The number of benzene rings is 1. The van der Waals surface area contributed by atoms with Crippen LogP contribution < -0.4 is 14.8 Å². The van der Waals surface area contributed by atoms with Gasteiger partial charge in [-0.05, 0) is 57.2 Å². The summed E-state index contributed by atoms with van der Waals surface area (Å²) >= 11 is 0. The van der Waals surface area contributed by atoms with Gasteiger partial charge in [-0.1, -0.05) is 11.6 Å². The lowest BCUT2D eigenvalue weighted by Gasteiger charge is -2.16. The lowest BCUT2D eigenvalue weighted by molar-refractivity contribution is -0.129. The van der Waals surface area contributed by atoms with Crippen LogP contribution in [0.4, 0.5) is 8.78 Å². The Kier molecular flexibility index (Phi) is 8.22. The van der Waals surface area contributed by atoms with E-state index in [1.54, 1.807) is 0 Å². The molecular weight excluding hydrogens is 372 g/mol. The fraction of sp³-hybridized carbons (Fsp3) is 0.500. The normalized spacial score (nSPS) is 14.8. The minimum Gasteiger partial charge on any atom is -0.493 e. The maximum atomic E-state index is 12.4. The number of halogens is 2. The van der Waals surface area contributed by atoms with E-state index in [-0.39, 0.29) is 17.1 Å². The van der Waals surface area contributed by atoms with Gasteiger partial charge in [-0.2, -0.15) is 8.78 Å². The second-order valence-electron chi connectivity index (χ2n) is 6.44. The van der Waals surface area contributed by atoms with Crippen molar-refractivity contribution < 1.29 is 32.6 Å². The van der Waals surface area contributed by atoms with Gasteiger partial charge < -0.3 is 19.5 Å². The van der Waals surface area contributed by atoms with E-state index in [0.29, 0.717) is 6.54 Å². The summed E-state index contributed by atoms with van der Waals surface area (Å²) in [4.78, 5) is 24.3. The third kappa shape index (κ3) is 6.51. The Morgan fingerprint density at radius 2 is 2.00 bits per heavy atom. The van der Waals surface area contributed by atoms with Crippen LogP contribution in [0.3, 0.4) is 0 Å². The Bertz CT molecular complexity index is 721. The van der Waals surface area contributed by atoms with Crippen molar-refractivity contribution in [2.45, 2.75) is 51.7 Å². The number of carbonyl (C=O) groups excluding carboxylic acids is 2. The van der Waals surface area contributed by atoms with Crippen molar-refractivity contribution in [3.63, 3.8) is 0 Å². The molecule has 0 fully saturated rings. The number of allylic oxidation sites excluding steroid dienone is 1. The Hall–Kier alpha value is -2.64. The van der Waals surface area contributed by atoms with Gasteiger partial charge in [-0.3, -0.25) is 4.79 Å². The number of amides is 1. The largest absolute Gasteiger partial charge is 0.493 e. The minimum atomic E-state index is -3.01. The molecule has 0 aromatic heterocycles. The molecule has 0 saturated heterocycles. The molecule has 1 aliphatic rings. The highest BCUT2D eigenvalue weighted by Crippen LogP contribution is 2.29. The Labute approximate surface area is 162 Å². The molecule has 28 heavy (non-hydrogen) atoms. The van der Waals surface area contributed by atoms with E-state index in [1.807, 2.05) is 0 Å². The van der Waals surface area contributed by atoms with E-state index in [4.69, 9.17) is 9.47 Å². The SMILES string of the molecule is COc1cc(C(=O)O[C@H](C)C(=O)NCCC2=CCCCC2)ccc1OC(F)F. The zero-order chi connectivity index (χ0) is 20.5. The first-order valence-corrected chi connectivity index (χ1v) is 9.20. The maximum Gasteiger partial charge on any atom is 0.387 e. The van der Waals surface area contributed by atoms with E-state index in [0.717, 1.165) is 19.3 Å². The van der Waals surface area contributed by atoms with Gasteiger partial charge >= 0.3 is 12.6 Å². The third-order valence-electron chi connectivity index (χ3n) is 4.40. The summed E-state index contributed by atoms with van der Waals surface area (Å²) in [6.07, 6.45) is 6.55. The van der Waals surface area contributed by atoms with Crippen molar-refractivity contribution in [1.82, 2.24) is 5.32 Å². The highest BCUT2D eigenvalue weighted by Gasteiger charge is 2.20. The van der Waals surface area contributed by atoms with Gasteiger partial charge in [-0.25, -0.2) is 4.79 Å². The topological polar surface area (TPSA) is 73.9 Å². The molecule has 0 radical (unpaired) electrons. The molecule has 0 spiro atoms. The van der Waals surface area contributed by atoms with E-state index in [1.165, 1.54) is 50.6 Å². The summed E-state index contributed by atoms with van der Waals surface area (Å²) < 4.78 is 39.1. The number of nitrogens with one attached hydrogen (secondary N) is 1. The molecule has 1 aromatic rings. The van der Waals surface area contributed by atoms with Crippen LogP contribution in [0.15, 0.2) is 29.8 Å². The molecule has 1 amide bonds. The van der Waals surface area contributed by atoms with Crippen molar-refractivity contribution in [2.75, 3.05) is 13.7 Å². The van der Waals surface area contributed by atoms with Gasteiger partial charge in [0.1, 0.15) is 0 Å². The predicted molar refractivity (Wildman–Crippen MR) is 98.7 cm³/mol. The van der Waals surface area contributed by atoms with Crippen molar-refractivity contribution in [3.05, 3.63) is 35.4 Å². The smallest absolute Gasteiger partial charge is 0.387 e. The van der Waals surface area contributed by atoms with Crippen LogP contribution in [0.2, 0.25) is 0 Å². The summed E-state index contributed by atoms with van der Waals surface area (Å²) in [5.74, 6) is -1.39. The lowest BCUT2D eigenvalue weighted by atomic mass is 9.97.